The lowest BCUT2D eigenvalue weighted by Crippen LogP contribution is -2.37. The quantitative estimate of drug-likeness (QED) is 0.837. The lowest BCUT2D eigenvalue weighted by atomic mass is 10.1. The van der Waals surface area contributed by atoms with Crippen molar-refractivity contribution < 1.29 is 4.74 Å². The van der Waals surface area contributed by atoms with Crippen LogP contribution < -0.4 is 10.2 Å². The summed E-state index contributed by atoms with van der Waals surface area (Å²) in [5, 5.41) is 3.39. The Kier molecular flexibility index (Phi) is 6.23. The van der Waals surface area contributed by atoms with E-state index in [9.17, 15) is 0 Å². The maximum absolute atomic E-state index is 5.45. The first-order valence-electron chi connectivity index (χ1n) is 8.17. The van der Waals surface area contributed by atoms with Crippen molar-refractivity contribution >= 4 is 11.6 Å². The molecular weight excluding hydrogens is 264 g/mol. The Morgan fingerprint density at radius 1 is 1.24 bits per heavy atom. The number of nitrogens with zero attached hydrogens (tertiary/aromatic N) is 3. The van der Waals surface area contributed by atoms with Crippen LogP contribution in [0.2, 0.25) is 0 Å². The first-order valence-corrected chi connectivity index (χ1v) is 8.17. The Labute approximate surface area is 128 Å². The van der Waals surface area contributed by atoms with E-state index < -0.39 is 0 Å². The number of hydrogen-bond donors (Lipinski definition) is 1. The summed E-state index contributed by atoms with van der Waals surface area (Å²) in [5.74, 6) is 2.91. The smallest absolute Gasteiger partial charge is 0.134 e. The van der Waals surface area contributed by atoms with Crippen LogP contribution in [0.25, 0.3) is 0 Å². The molecule has 1 aliphatic rings. The van der Waals surface area contributed by atoms with Crippen molar-refractivity contribution in [1.29, 1.82) is 0 Å². The van der Waals surface area contributed by atoms with Gasteiger partial charge >= 0.3 is 0 Å². The van der Waals surface area contributed by atoms with Crippen molar-refractivity contribution in [3.63, 3.8) is 0 Å². The highest BCUT2D eigenvalue weighted by Crippen LogP contribution is 2.22. The highest BCUT2D eigenvalue weighted by Gasteiger charge is 2.20. The minimum Gasteiger partial charge on any atom is -0.381 e. The first kappa shape index (κ1) is 16.0. The van der Waals surface area contributed by atoms with Gasteiger partial charge in [0.2, 0.25) is 0 Å². The monoisotopic (exact) mass is 292 g/mol. The van der Waals surface area contributed by atoms with Crippen molar-refractivity contribution in [3.8, 4) is 0 Å². The molecule has 5 heteroatoms. The molecule has 1 aliphatic heterocycles. The van der Waals surface area contributed by atoms with Gasteiger partial charge in [0.05, 0.1) is 0 Å². The number of rotatable bonds is 7. The van der Waals surface area contributed by atoms with Gasteiger partial charge in [0.1, 0.15) is 17.5 Å². The summed E-state index contributed by atoms with van der Waals surface area (Å²) in [6.45, 7) is 6.97. The topological polar surface area (TPSA) is 50.3 Å². The van der Waals surface area contributed by atoms with E-state index >= 15 is 0 Å². The van der Waals surface area contributed by atoms with Crippen molar-refractivity contribution in [2.75, 3.05) is 37.0 Å². The fraction of sp³-hybridized carbons (Fsp3) is 0.750. The van der Waals surface area contributed by atoms with Crippen molar-refractivity contribution in [2.24, 2.45) is 0 Å². The fourth-order valence-electron chi connectivity index (χ4n) is 2.60. The average Bonchev–Trinajstić information content (AvgIpc) is 2.53. The first-order chi connectivity index (χ1) is 10.2. The van der Waals surface area contributed by atoms with E-state index in [-0.39, 0.29) is 0 Å². The molecule has 1 N–H and O–H groups in total. The van der Waals surface area contributed by atoms with Crippen LogP contribution in [0.1, 0.15) is 45.4 Å². The van der Waals surface area contributed by atoms with Crippen molar-refractivity contribution in [2.45, 2.75) is 52.0 Å². The van der Waals surface area contributed by atoms with E-state index in [1.54, 1.807) is 0 Å². The maximum Gasteiger partial charge on any atom is 0.134 e. The van der Waals surface area contributed by atoms with Crippen molar-refractivity contribution in [1.82, 2.24) is 9.97 Å². The number of aryl methyl sites for hydroxylation is 1. The summed E-state index contributed by atoms with van der Waals surface area (Å²) in [6, 6.07) is 2.59. The zero-order valence-corrected chi connectivity index (χ0v) is 13.6. The summed E-state index contributed by atoms with van der Waals surface area (Å²) < 4.78 is 5.45. The summed E-state index contributed by atoms with van der Waals surface area (Å²) in [4.78, 5) is 11.6. The number of ether oxygens (including phenoxy) is 1. The second-order valence-electron chi connectivity index (χ2n) is 5.66. The predicted octanol–water partition coefficient (Wildman–Crippen LogP) is 2.87. The molecule has 1 saturated heterocycles. The van der Waals surface area contributed by atoms with Crippen LogP contribution in [-0.2, 0) is 11.2 Å². The fourth-order valence-corrected chi connectivity index (χ4v) is 2.60. The molecule has 0 radical (unpaired) electrons. The highest BCUT2D eigenvalue weighted by molar-refractivity contribution is 5.49. The van der Waals surface area contributed by atoms with Crippen LogP contribution in [0.4, 0.5) is 11.6 Å². The van der Waals surface area contributed by atoms with Gasteiger partial charge in [-0.3, -0.25) is 0 Å². The standard InChI is InChI=1S/C16H28N4O/c1-4-6-14-18-15(17-9-5-2)12-16(19-14)20(3)13-7-10-21-11-8-13/h12-13H,4-11H2,1-3H3,(H,17,18,19). The molecule has 0 bridgehead atoms. The zero-order valence-electron chi connectivity index (χ0n) is 13.6. The molecule has 1 aromatic rings. The number of hydrogen-bond acceptors (Lipinski definition) is 5. The van der Waals surface area contributed by atoms with Gasteiger partial charge < -0.3 is 15.0 Å². The minimum atomic E-state index is 0.516. The maximum atomic E-state index is 5.45. The predicted molar refractivity (Wildman–Crippen MR) is 87.1 cm³/mol. The Morgan fingerprint density at radius 2 is 2.00 bits per heavy atom. The van der Waals surface area contributed by atoms with E-state index in [0.717, 1.165) is 69.3 Å². The number of aromatic nitrogens is 2. The van der Waals surface area contributed by atoms with Gasteiger partial charge in [0.15, 0.2) is 0 Å². The summed E-state index contributed by atoms with van der Waals surface area (Å²) in [5.41, 5.74) is 0. The van der Waals surface area contributed by atoms with Gasteiger partial charge in [0, 0.05) is 45.3 Å². The van der Waals surface area contributed by atoms with Gasteiger partial charge in [-0.2, -0.15) is 0 Å². The third kappa shape index (κ3) is 4.56. The van der Waals surface area contributed by atoms with E-state index in [1.165, 1.54) is 0 Å². The molecule has 0 atom stereocenters. The van der Waals surface area contributed by atoms with E-state index in [0.29, 0.717) is 6.04 Å². The molecule has 0 aliphatic carbocycles. The molecule has 0 spiro atoms. The Balaban J connectivity index is 2.16. The van der Waals surface area contributed by atoms with E-state index in [1.807, 2.05) is 0 Å². The van der Waals surface area contributed by atoms with Gasteiger partial charge in [0.25, 0.3) is 0 Å². The second kappa shape index (κ2) is 8.17. The van der Waals surface area contributed by atoms with Crippen LogP contribution in [0.5, 0.6) is 0 Å². The van der Waals surface area contributed by atoms with Crippen LogP contribution >= 0.6 is 0 Å². The lowest BCUT2D eigenvalue weighted by Gasteiger charge is -2.32. The highest BCUT2D eigenvalue weighted by atomic mass is 16.5. The Morgan fingerprint density at radius 3 is 2.67 bits per heavy atom. The van der Waals surface area contributed by atoms with Gasteiger partial charge in [-0.1, -0.05) is 13.8 Å². The van der Waals surface area contributed by atoms with Crippen LogP contribution in [0.15, 0.2) is 6.07 Å². The van der Waals surface area contributed by atoms with Crippen molar-refractivity contribution in [3.05, 3.63) is 11.9 Å². The normalized spacial score (nSPS) is 16.0. The summed E-state index contributed by atoms with van der Waals surface area (Å²) >= 11 is 0. The largest absolute Gasteiger partial charge is 0.381 e. The zero-order chi connectivity index (χ0) is 15.1. The third-order valence-electron chi connectivity index (χ3n) is 3.89. The van der Waals surface area contributed by atoms with Crippen LogP contribution in [-0.4, -0.2) is 42.8 Å². The lowest BCUT2D eigenvalue weighted by molar-refractivity contribution is 0.0853. The minimum absolute atomic E-state index is 0.516. The second-order valence-corrected chi connectivity index (χ2v) is 5.66. The SMILES string of the molecule is CCCNc1cc(N(C)C2CCOCC2)nc(CCC)n1. The molecule has 1 aromatic heterocycles. The summed E-state index contributed by atoms with van der Waals surface area (Å²) in [7, 11) is 2.14. The number of nitrogens with one attached hydrogen (secondary N) is 1. The molecule has 0 amide bonds. The molecule has 1 fully saturated rings. The van der Waals surface area contributed by atoms with E-state index in [4.69, 9.17) is 9.72 Å². The van der Waals surface area contributed by atoms with Gasteiger partial charge in [-0.05, 0) is 25.7 Å². The summed E-state index contributed by atoms with van der Waals surface area (Å²) in [6.07, 6.45) is 5.23. The average molecular weight is 292 g/mol. The molecule has 5 nitrogen and oxygen atoms in total. The molecule has 0 saturated carbocycles. The third-order valence-corrected chi connectivity index (χ3v) is 3.89. The molecule has 118 valence electrons. The molecule has 2 rings (SSSR count). The van der Waals surface area contributed by atoms with Crippen LogP contribution in [0, 0.1) is 0 Å². The Hall–Kier alpha value is -1.36. The molecule has 0 unspecified atom stereocenters. The number of anilines is 2. The molecule has 0 aromatic carbocycles. The van der Waals surface area contributed by atoms with Gasteiger partial charge in [-0.25, -0.2) is 9.97 Å². The molecule has 2 heterocycles. The molecule has 21 heavy (non-hydrogen) atoms. The molecular formula is C16H28N4O. The van der Waals surface area contributed by atoms with Crippen LogP contribution in [0.3, 0.4) is 0 Å². The van der Waals surface area contributed by atoms with E-state index in [2.05, 4.69) is 42.2 Å². The van der Waals surface area contributed by atoms with Gasteiger partial charge in [-0.15, -0.1) is 0 Å². The Bertz CT molecular complexity index is 432.